The summed E-state index contributed by atoms with van der Waals surface area (Å²) < 4.78 is 0. The van der Waals surface area contributed by atoms with Crippen molar-refractivity contribution >= 4 is 23.3 Å². The number of hydrogen-bond acceptors (Lipinski definition) is 2. The second-order valence-corrected chi connectivity index (χ2v) is 5.04. The molecule has 98 valence electrons. The Morgan fingerprint density at radius 3 is 2.84 bits per heavy atom. The van der Waals surface area contributed by atoms with Crippen molar-refractivity contribution < 1.29 is 4.79 Å². The van der Waals surface area contributed by atoms with E-state index in [2.05, 4.69) is 10.2 Å². The van der Waals surface area contributed by atoms with Gasteiger partial charge in [0.2, 0.25) is 5.91 Å². The van der Waals surface area contributed by atoms with Crippen LogP contribution >= 0.6 is 11.6 Å². The number of anilines is 1. The van der Waals surface area contributed by atoms with E-state index in [0.29, 0.717) is 24.7 Å². The molecule has 0 saturated carbocycles. The highest BCUT2D eigenvalue weighted by atomic mass is 35.5. The molecule has 3 rings (SSSR count). The van der Waals surface area contributed by atoms with E-state index in [0.717, 1.165) is 11.3 Å². The number of H-pyrrole nitrogens is 1. The molecular formula is C14H14ClN3O. The maximum atomic E-state index is 11.9. The third kappa shape index (κ3) is 2.36. The Hall–Kier alpha value is -1.81. The fraction of sp³-hybridized carbons (Fsp3) is 0.286. The first-order valence-corrected chi connectivity index (χ1v) is 6.78. The fourth-order valence-corrected chi connectivity index (χ4v) is 2.53. The van der Waals surface area contributed by atoms with E-state index in [1.165, 1.54) is 0 Å². The van der Waals surface area contributed by atoms with Gasteiger partial charge in [0, 0.05) is 24.9 Å². The normalized spacial score (nSPS) is 19.1. The lowest BCUT2D eigenvalue weighted by molar-refractivity contribution is -0.117. The van der Waals surface area contributed by atoms with E-state index in [9.17, 15) is 4.79 Å². The number of nitrogens with one attached hydrogen (secondary N) is 1. The lowest BCUT2D eigenvalue weighted by Gasteiger charge is -2.11. The minimum atomic E-state index is 0.0942. The zero-order valence-electron chi connectivity index (χ0n) is 10.3. The number of alkyl halides is 1. The third-order valence-corrected chi connectivity index (χ3v) is 3.79. The smallest absolute Gasteiger partial charge is 0.228 e. The Kier molecular flexibility index (Phi) is 3.25. The Balaban J connectivity index is 1.84. The Morgan fingerprint density at radius 2 is 2.16 bits per heavy atom. The van der Waals surface area contributed by atoms with Gasteiger partial charge in [-0.1, -0.05) is 30.3 Å². The summed E-state index contributed by atoms with van der Waals surface area (Å²) >= 11 is 5.82. The summed E-state index contributed by atoms with van der Waals surface area (Å²) in [4.78, 5) is 13.6. The number of amides is 1. The van der Waals surface area contributed by atoms with E-state index >= 15 is 0 Å². The Labute approximate surface area is 116 Å². The molecule has 1 amide bonds. The number of carbonyl (C=O) groups excluding carboxylic acids is 1. The van der Waals surface area contributed by atoms with E-state index < -0.39 is 0 Å². The molecule has 1 aliphatic heterocycles. The number of hydrogen-bond donors (Lipinski definition) is 1. The molecular weight excluding hydrogens is 262 g/mol. The van der Waals surface area contributed by atoms with E-state index in [1.54, 1.807) is 4.90 Å². The SMILES string of the molecule is O=C1CC(CCl)CN1c1cc(-c2ccccc2)[nH]n1. The van der Waals surface area contributed by atoms with Crippen molar-refractivity contribution in [2.75, 3.05) is 17.3 Å². The second-order valence-electron chi connectivity index (χ2n) is 4.73. The number of halogens is 1. The van der Waals surface area contributed by atoms with Gasteiger partial charge in [-0.15, -0.1) is 11.6 Å². The minimum Gasteiger partial charge on any atom is -0.295 e. The van der Waals surface area contributed by atoms with Gasteiger partial charge in [-0.2, -0.15) is 5.10 Å². The van der Waals surface area contributed by atoms with Crippen molar-refractivity contribution in [3.05, 3.63) is 36.4 Å². The van der Waals surface area contributed by atoms with Crippen LogP contribution in [0.15, 0.2) is 36.4 Å². The maximum absolute atomic E-state index is 11.9. The van der Waals surface area contributed by atoms with Crippen LogP contribution in [0.4, 0.5) is 5.82 Å². The van der Waals surface area contributed by atoms with Gasteiger partial charge in [0.1, 0.15) is 0 Å². The summed E-state index contributed by atoms with van der Waals surface area (Å²) in [5, 5.41) is 7.21. The average Bonchev–Trinajstić information content (AvgIpc) is 3.06. The molecule has 1 aliphatic rings. The molecule has 1 aromatic heterocycles. The predicted octanol–water partition coefficient (Wildman–Crippen LogP) is 2.67. The van der Waals surface area contributed by atoms with Crippen molar-refractivity contribution in [2.24, 2.45) is 5.92 Å². The van der Waals surface area contributed by atoms with Crippen molar-refractivity contribution in [1.82, 2.24) is 10.2 Å². The van der Waals surface area contributed by atoms with Gasteiger partial charge in [0.15, 0.2) is 5.82 Å². The van der Waals surface area contributed by atoms with E-state index in [1.807, 2.05) is 36.4 Å². The zero-order valence-corrected chi connectivity index (χ0v) is 11.1. The second kappa shape index (κ2) is 5.05. The summed E-state index contributed by atoms with van der Waals surface area (Å²) in [7, 11) is 0. The summed E-state index contributed by atoms with van der Waals surface area (Å²) in [5.74, 6) is 1.51. The average molecular weight is 276 g/mol. The molecule has 2 heterocycles. The molecule has 0 bridgehead atoms. The summed E-state index contributed by atoms with van der Waals surface area (Å²) in [6.45, 7) is 0.654. The van der Waals surface area contributed by atoms with Crippen molar-refractivity contribution in [1.29, 1.82) is 0 Å². The molecule has 4 nitrogen and oxygen atoms in total. The molecule has 1 unspecified atom stereocenters. The van der Waals surface area contributed by atoms with Crippen LogP contribution in [-0.4, -0.2) is 28.5 Å². The third-order valence-electron chi connectivity index (χ3n) is 3.35. The van der Waals surface area contributed by atoms with Gasteiger partial charge < -0.3 is 0 Å². The molecule has 2 aromatic rings. The van der Waals surface area contributed by atoms with Crippen molar-refractivity contribution in [2.45, 2.75) is 6.42 Å². The Morgan fingerprint density at radius 1 is 1.37 bits per heavy atom. The zero-order chi connectivity index (χ0) is 13.2. The summed E-state index contributed by atoms with van der Waals surface area (Å²) in [5.41, 5.74) is 1.97. The van der Waals surface area contributed by atoms with Crippen LogP contribution in [0, 0.1) is 5.92 Å². The molecule has 1 fully saturated rings. The first-order chi connectivity index (χ1) is 9.28. The van der Waals surface area contributed by atoms with Gasteiger partial charge in [0.05, 0.1) is 5.69 Å². The van der Waals surface area contributed by atoms with Crippen LogP contribution in [0.5, 0.6) is 0 Å². The largest absolute Gasteiger partial charge is 0.295 e. The highest BCUT2D eigenvalue weighted by Gasteiger charge is 2.31. The molecule has 0 aliphatic carbocycles. The molecule has 5 heteroatoms. The van der Waals surface area contributed by atoms with Crippen LogP contribution in [0.2, 0.25) is 0 Å². The number of aromatic nitrogens is 2. The van der Waals surface area contributed by atoms with Crippen molar-refractivity contribution in [3.63, 3.8) is 0 Å². The standard InChI is InChI=1S/C14H14ClN3O/c15-8-10-6-14(19)18(9-10)13-7-12(16-17-13)11-4-2-1-3-5-11/h1-5,7,10H,6,8-9H2,(H,16,17). The van der Waals surface area contributed by atoms with Crippen LogP contribution < -0.4 is 4.90 Å². The maximum Gasteiger partial charge on any atom is 0.228 e. The number of nitrogens with zero attached hydrogens (tertiary/aromatic N) is 2. The lowest BCUT2D eigenvalue weighted by atomic mass is 10.1. The fourth-order valence-electron chi connectivity index (χ4n) is 2.32. The molecule has 19 heavy (non-hydrogen) atoms. The van der Waals surface area contributed by atoms with E-state index in [4.69, 9.17) is 11.6 Å². The van der Waals surface area contributed by atoms with E-state index in [-0.39, 0.29) is 11.8 Å². The number of benzene rings is 1. The monoisotopic (exact) mass is 275 g/mol. The van der Waals surface area contributed by atoms with Crippen LogP contribution in [0.3, 0.4) is 0 Å². The van der Waals surface area contributed by atoms with Crippen LogP contribution in [-0.2, 0) is 4.79 Å². The highest BCUT2D eigenvalue weighted by Crippen LogP contribution is 2.27. The minimum absolute atomic E-state index is 0.0942. The number of aromatic amines is 1. The van der Waals surface area contributed by atoms with Gasteiger partial charge in [-0.3, -0.25) is 14.8 Å². The molecule has 0 radical (unpaired) electrons. The highest BCUT2D eigenvalue weighted by molar-refractivity contribution is 6.18. The Bertz CT molecular complexity index is 581. The quantitative estimate of drug-likeness (QED) is 0.876. The molecule has 1 atom stereocenters. The van der Waals surface area contributed by atoms with Crippen molar-refractivity contribution in [3.8, 4) is 11.3 Å². The van der Waals surface area contributed by atoms with Gasteiger partial charge in [-0.05, 0) is 11.5 Å². The number of carbonyl (C=O) groups is 1. The van der Waals surface area contributed by atoms with Crippen LogP contribution in [0.25, 0.3) is 11.3 Å². The number of rotatable bonds is 3. The topological polar surface area (TPSA) is 49.0 Å². The molecule has 1 saturated heterocycles. The molecule has 0 spiro atoms. The van der Waals surface area contributed by atoms with Crippen LogP contribution in [0.1, 0.15) is 6.42 Å². The first-order valence-electron chi connectivity index (χ1n) is 6.25. The lowest BCUT2D eigenvalue weighted by Crippen LogP contribution is -2.24. The summed E-state index contributed by atoms with van der Waals surface area (Å²) in [6.07, 6.45) is 0.511. The predicted molar refractivity (Wildman–Crippen MR) is 75.2 cm³/mol. The van der Waals surface area contributed by atoms with Gasteiger partial charge in [0.25, 0.3) is 0 Å². The van der Waals surface area contributed by atoms with Gasteiger partial charge in [-0.25, -0.2) is 0 Å². The molecule has 1 N–H and O–H groups in total. The first kappa shape index (κ1) is 12.2. The van der Waals surface area contributed by atoms with Gasteiger partial charge >= 0.3 is 0 Å². The summed E-state index contributed by atoms with van der Waals surface area (Å²) in [6, 6.07) is 11.8. The molecule has 1 aromatic carbocycles.